The molecule has 1 aromatic carbocycles. The minimum absolute atomic E-state index is 0.0958. The molecular weight excluding hydrogens is 354 g/mol. The summed E-state index contributed by atoms with van der Waals surface area (Å²) in [4.78, 5) is 17.7. The van der Waals surface area contributed by atoms with Gasteiger partial charge in [0.25, 0.3) is 0 Å². The van der Waals surface area contributed by atoms with Crippen LogP contribution in [-0.4, -0.2) is 61.5 Å². The zero-order chi connectivity index (χ0) is 18.6. The number of amides is 1. The summed E-state index contributed by atoms with van der Waals surface area (Å²) in [5.41, 5.74) is 0. The number of nitrogens with zero attached hydrogens (tertiary/aromatic N) is 3. The standard InChI is InChI=1S/C18H19N3O4S/c1-2-13-25-18(22)20-9-4-10-21(12-11-20)26(23,24)17-6-3-5-15-14-19-8-7-16(15)17/h1,3,5-8,14H,4,9-13H2. The molecule has 1 aliphatic rings. The van der Waals surface area contributed by atoms with Crippen molar-refractivity contribution < 1.29 is 17.9 Å². The first kappa shape index (κ1) is 18.2. The molecule has 0 radical (unpaired) electrons. The molecule has 1 aliphatic heterocycles. The zero-order valence-corrected chi connectivity index (χ0v) is 15.0. The van der Waals surface area contributed by atoms with Crippen molar-refractivity contribution in [2.24, 2.45) is 0 Å². The Morgan fingerprint density at radius 3 is 2.88 bits per heavy atom. The van der Waals surface area contributed by atoms with E-state index in [2.05, 4.69) is 10.9 Å². The van der Waals surface area contributed by atoms with Crippen molar-refractivity contribution in [2.45, 2.75) is 11.3 Å². The maximum atomic E-state index is 13.1. The minimum atomic E-state index is -3.68. The van der Waals surface area contributed by atoms with Crippen LogP contribution in [0.5, 0.6) is 0 Å². The van der Waals surface area contributed by atoms with Gasteiger partial charge in [-0.1, -0.05) is 18.1 Å². The molecule has 3 rings (SSSR count). The van der Waals surface area contributed by atoms with E-state index in [0.29, 0.717) is 24.9 Å². The number of pyridine rings is 1. The Kier molecular flexibility index (Phi) is 5.40. The third-order valence-electron chi connectivity index (χ3n) is 4.25. The van der Waals surface area contributed by atoms with Crippen LogP contribution in [0, 0.1) is 12.3 Å². The number of rotatable bonds is 3. The number of terminal acetylenes is 1. The molecule has 1 amide bonds. The Labute approximate surface area is 152 Å². The fourth-order valence-corrected chi connectivity index (χ4v) is 4.65. The van der Waals surface area contributed by atoms with E-state index in [1.807, 2.05) is 6.07 Å². The summed E-state index contributed by atoms with van der Waals surface area (Å²) in [6.45, 7) is 1.13. The molecule has 26 heavy (non-hydrogen) atoms. The number of sulfonamides is 1. The topological polar surface area (TPSA) is 79.8 Å². The second-order valence-electron chi connectivity index (χ2n) is 5.86. The SMILES string of the molecule is C#CCOC(=O)N1CCCN(S(=O)(=O)c2cccc3cnccc23)CC1. The van der Waals surface area contributed by atoms with Crippen LogP contribution in [0.25, 0.3) is 10.8 Å². The van der Waals surface area contributed by atoms with Gasteiger partial charge in [0.05, 0.1) is 4.90 Å². The molecule has 0 saturated carbocycles. The predicted molar refractivity (Wildman–Crippen MR) is 96.9 cm³/mol. The van der Waals surface area contributed by atoms with Crippen molar-refractivity contribution in [2.75, 3.05) is 32.8 Å². The number of ether oxygens (including phenoxy) is 1. The maximum absolute atomic E-state index is 13.1. The van der Waals surface area contributed by atoms with Crippen LogP contribution in [-0.2, 0) is 14.8 Å². The second-order valence-corrected chi connectivity index (χ2v) is 7.76. The third-order valence-corrected chi connectivity index (χ3v) is 6.21. The van der Waals surface area contributed by atoms with E-state index in [4.69, 9.17) is 11.2 Å². The molecule has 2 heterocycles. The van der Waals surface area contributed by atoms with Gasteiger partial charge in [0, 0.05) is 49.3 Å². The van der Waals surface area contributed by atoms with Crippen molar-refractivity contribution in [3.63, 3.8) is 0 Å². The lowest BCUT2D eigenvalue weighted by Gasteiger charge is -2.22. The Balaban J connectivity index is 1.82. The lowest BCUT2D eigenvalue weighted by atomic mass is 10.2. The van der Waals surface area contributed by atoms with Crippen molar-refractivity contribution in [1.82, 2.24) is 14.2 Å². The van der Waals surface area contributed by atoms with E-state index >= 15 is 0 Å². The first-order valence-electron chi connectivity index (χ1n) is 8.22. The number of hydrogen-bond donors (Lipinski definition) is 0. The van der Waals surface area contributed by atoms with Gasteiger partial charge in [-0.2, -0.15) is 4.31 Å². The van der Waals surface area contributed by atoms with Gasteiger partial charge in [-0.25, -0.2) is 13.2 Å². The monoisotopic (exact) mass is 373 g/mol. The summed E-state index contributed by atoms with van der Waals surface area (Å²) >= 11 is 0. The Bertz CT molecular complexity index is 947. The van der Waals surface area contributed by atoms with Gasteiger partial charge < -0.3 is 9.64 Å². The molecule has 0 spiro atoms. The van der Waals surface area contributed by atoms with Crippen molar-refractivity contribution in [3.05, 3.63) is 36.7 Å². The van der Waals surface area contributed by atoms with Crippen LogP contribution in [0.4, 0.5) is 4.79 Å². The molecule has 136 valence electrons. The molecule has 1 fully saturated rings. The molecule has 1 saturated heterocycles. The Morgan fingerprint density at radius 2 is 2.08 bits per heavy atom. The average Bonchev–Trinajstić information content (AvgIpc) is 2.92. The van der Waals surface area contributed by atoms with Gasteiger partial charge in [-0.15, -0.1) is 6.42 Å². The van der Waals surface area contributed by atoms with Gasteiger partial charge in [-0.05, 0) is 18.6 Å². The number of aromatic nitrogens is 1. The summed E-state index contributed by atoms with van der Waals surface area (Å²) in [6.07, 6.45) is 8.31. The van der Waals surface area contributed by atoms with E-state index in [1.54, 1.807) is 30.6 Å². The van der Waals surface area contributed by atoms with E-state index in [-0.39, 0.29) is 24.6 Å². The molecule has 1 aromatic heterocycles. The number of carbonyl (C=O) groups excluding carboxylic acids is 1. The van der Waals surface area contributed by atoms with E-state index in [9.17, 15) is 13.2 Å². The summed E-state index contributed by atoms with van der Waals surface area (Å²) in [7, 11) is -3.68. The predicted octanol–water partition coefficient (Wildman–Crippen LogP) is 1.70. The average molecular weight is 373 g/mol. The highest BCUT2D eigenvalue weighted by Crippen LogP contribution is 2.25. The zero-order valence-electron chi connectivity index (χ0n) is 14.2. The van der Waals surface area contributed by atoms with Crippen LogP contribution in [0.15, 0.2) is 41.6 Å². The first-order valence-corrected chi connectivity index (χ1v) is 9.66. The van der Waals surface area contributed by atoms with Crippen LogP contribution in [0.1, 0.15) is 6.42 Å². The molecular formula is C18H19N3O4S. The van der Waals surface area contributed by atoms with Crippen LogP contribution in [0.3, 0.4) is 0 Å². The molecule has 0 N–H and O–H groups in total. The maximum Gasteiger partial charge on any atom is 0.410 e. The highest BCUT2D eigenvalue weighted by Gasteiger charge is 2.29. The largest absolute Gasteiger partial charge is 0.436 e. The van der Waals surface area contributed by atoms with Crippen LogP contribution in [0.2, 0.25) is 0 Å². The quantitative estimate of drug-likeness (QED) is 0.765. The van der Waals surface area contributed by atoms with Gasteiger partial charge >= 0.3 is 6.09 Å². The summed E-state index contributed by atoms with van der Waals surface area (Å²) in [5.74, 6) is 2.24. The summed E-state index contributed by atoms with van der Waals surface area (Å²) < 4.78 is 32.6. The van der Waals surface area contributed by atoms with Crippen LogP contribution < -0.4 is 0 Å². The molecule has 0 atom stereocenters. The fourth-order valence-electron chi connectivity index (χ4n) is 2.97. The lowest BCUT2D eigenvalue weighted by Crippen LogP contribution is -2.37. The first-order chi connectivity index (χ1) is 12.5. The van der Waals surface area contributed by atoms with E-state index in [1.165, 1.54) is 9.21 Å². The van der Waals surface area contributed by atoms with Gasteiger partial charge in [0.1, 0.15) is 0 Å². The molecule has 2 aromatic rings. The minimum Gasteiger partial charge on any atom is -0.436 e. The van der Waals surface area contributed by atoms with E-state index in [0.717, 1.165) is 5.39 Å². The summed E-state index contributed by atoms with van der Waals surface area (Å²) in [6, 6.07) is 6.83. The molecule has 7 nitrogen and oxygen atoms in total. The third kappa shape index (κ3) is 3.64. The number of carbonyl (C=O) groups is 1. The highest BCUT2D eigenvalue weighted by molar-refractivity contribution is 7.89. The smallest absolute Gasteiger partial charge is 0.410 e. The Morgan fingerprint density at radius 1 is 1.23 bits per heavy atom. The number of benzene rings is 1. The molecule has 0 bridgehead atoms. The second kappa shape index (κ2) is 7.72. The fraction of sp³-hybridized carbons (Fsp3) is 0.333. The molecule has 0 aliphatic carbocycles. The number of hydrogen-bond acceptors (Lipinski definition) is 5. The van der Waals surface area contributed by atoms with Gasteiger partial charge in [0.15, 0.2) is 6.61 Å². The Hall–Kier alpha value is -2.63. The van der Waals surface area contributed by atoms with Gasteiger partial charge in [-0.3, -0.25) is 4.98 Å². The van der Waals surface area contributed by atoms with Crippen LogP contribution >= 0.6 is 0 Å². The highest BCUT2D eigenvalue weighted by atomic mass is 32.2. The van der Waals surface area contributed by atoms with Crippen molar-refractivity contribution in [3.8, 4) is 12.3 Å². The number of fused-ring (bicyclic) bond motifs is 1. The lowest BCUT2D eigenvalue weighted by molar-refractivity contribution is 0.116. The van der Waals surface area contributed by atoms with E-state index < -0.39 is 16.1 Å². The van der Waals surface area contributed by atoms with Crippen molar-refractivity contribution >= 4 is 26.9 Å². The normalized spacial score (nSPS) is 16.0. The van der Waals surface area contributed by atoms with Gasteiger partial charge in [0.2, 0.25) is 10.0 Å². The molecule has 0 unspecified atom stereocenters. The molecule has 8 heteroatoms. The van der Waals surface area contributed by atoms with Crippen molar-refractivity contribution in [1.29, 1.82) is 0 Å². The summed E-state index contributed by atoms with van der Waals surface area (Å²) in [5, 5.41) is 1.40.